The number of aromatic hydroxyl groups is 1. The zero-order valence-corrected chi connectivity index (χ0v) is 12.0. The molecule has 0 radical (unpaired) electrons. The van der Waals surface area contributed by atoms with Gasteiger partial charge in [0.25, 0.3) is 0 Å². The molecule has 0 aliphatic carbocycles. The lowest BCUT2D eigenvalue weighted by molar-refractivity contribution is 0.449. The molecule has 0 spiro atoms. The van der Waals surface area contributed by atoms with Crippen LogP contribution in [0.5, 0.6) is 5.88 Å². The van der Waals surface area contributed by atoms with Gasteiger partial charge in [0.05, 0.1) is 10.9 Å². The fraction of sp³-hybridized carbons (Fsp3) is 0.357. The number of thiazole rings is 1. The number of halogens is 1. The van der Waals surface area contributed by atoms with Crippen molar-refractivity contribution in [3.63, 3.8) is 0 Å². The molecule has 1 heterocycles. The van der Waals surface area contributed by atoms with Crippen LogP contribution in [0.15, 0.2) is 24.3 Å². The second kappa shape index (κ2) is 5.57. The summed E-state index contributed by atoms with van der Waals surface area (Å²) in [6.07, 6.45) is 0. The number of nitrogens with zero attached hydrogens (tertiary/aromatic N) is 1. The van der Waals surface area contributed by atoms with Crippen LogP contribution in [0.2, 0.25) is 0 Å². The van der Waals surface area contributed by atoms with Crippen molar-refractivity contribution in [3.8, 4) is 5.88 Å². The molecule has 0 aliphatic heterocycles. The molecule has 0 fully saturated rings. The predicted molar refractivity (Wildman–Crippen MR) is 76.3 cm³/mol. The quantitative estimate of drug-likeness (QED) is 0.878. The summed E-state index contributed by atoms with van der Waals surface area (Å²) in [4.78, 5) is 4.90. The van der Waals surface area contributed by atoms with Crippen LogP contribution in [0.4, 0.5) is 9.52 Å². The van der Waals surface area contributed by atoms with E-state index in [4.69, 9.17) is 0 Å². The fourth-order valence-electron chi connectivity index (χ4n) is 1.85. The molecule has 0 bridgehead atoms. The number of nitrogens with one attached hydrogen (secondary N) is 1. The zero-order valence-electron chi connectivity index (χ0n) is 11.1. The maximum atomic E-state index is 13.6. The molecule has 2 N–H and O–H groups in total. The molecule has 0 amide bonds. The van der Waals surface area contributed by atoms with Gasteiger partial charge in [-0.15, -0.1) is 0 Å². The summed E-state index contributed by atoms with van der Waals surface area (Å²) in [6, 6.07) is 6.44. The number of rotatable bonds is 4. The van der Waals surface area contributed by atoms with E-state index in [1.165, 1.54) is 17.4 Å². The molecule has 1 aromatic heterocycles. The van der Waals surface area contributed by atoms with Crippen LogP contribution in [0, 0.1) is 5.82 Å². The third-order valence-corrected chi connectivity index (χ3v) is 4.15. The average molecular weight is 280 g/mol. The molecule has 0 saturated heterocycles. The van der Waals surface area contributed by atoms with Gasteiger partial charge in [0, 0.05) is 5.56 Å². The Kier molecular flexibility index (Phi) is 4.04. The number of aromatic nitrogens is 1. The summed E-state index contributed by atoms with van der Waals surface area (Å²) in [5.74, 6) is 0.0346. The van der Waals surface area contributed by atoms with Crippen molar-refractivity contribution >= 4 is 16.5 Å². The van der Waals surface area contributed by atoms with E-state index in [-0.39, 0.29) is 23.7 Å². The van der Waals surface area contributed by atoms with Crippen LogP contribution in [-0.2, 0) is 0 Å². The summed E-state index contributed by atoms with van der Waals surface area (Å²) in [5, 5.41) is 13.5. The molecule has 0 unspecified atom stereocenters. The van der Waals surface area contributed by atoms with Crippen LogP contribution < -0.4 is 5.32 Å². The second-order valence-electron chi connectivity index (χ2n) is 4.75. The normalized spacial score (nSPS) is 12.7. The summed E-state index contributed by atoms with van der Waals surface area (Å²) in [5.41, 5.74) is 0.586. The molecule has 3 nitrogen and oxygen atoms in total. The third kappa shape index (κ3) is 3.04. The van der Waals surface area contributed by atoms with Crippen molar-refractivity contribution in [2.75, 3.05) is 5.32 Å². The molecule has 2 rings (SSSR count). The standard InChI is InChI=1S/C14H17FN2OS/c1-8(2)12-13(18)17-14(19-12)16-9(3)10-6-4-5-7-11(10)15/h4-9,18H,1-3H3,(H,16,17)/t9-/m0/s1. The van der Waals surface area contributed by atoms with Crippen molar-refractivity contribution < 1.29 is 9.50 Å². The summed E-state index contributed by atoms with van der Waals surface area (Å²) in [6.45, 7) is 5.86. The van der Waals surface area contributed by atoms with Gasteiger partial charge in [0.1, 0.15) is 5.82 Å². The Labute approximate surface area is 116 Å². The first kappa shape index (κ1) is 13.8. The van der Waals surface area contributed by atoms with Gasteiger partial charge in [-0.2, -0.15) is 4.98 Å². The van der Waals surface area contributed by atoms with E-state index in [0.717, 1.165) is 4.88 Å². The van der Waals surface area contributed by atoms with Crippen LogP contribution >= 0.6 is 11.3 Å². The molecule has 102 valence electrons. The van der Waals surface area contributed by atoms with Crippen LogP contribution in [-0.4, -0.2) is 10.1 Å². The van der Waals surface area contributed by atoms with E-state index < -0.39 is 0 Å². The Hall–Kier alpha value is -1.62. The Balaban J connectivity index is 2.17. The molecule has 2 aromatic rings. The highest BCUT2D eigenvalue weighted by Crippen LogP contribution is 2.35. The third-order valence-electron chi connectivity index (χ3n) is 2.87. The van der Waals surface area contributed by atoms with Gasteiger partial charge in [-0.3, -0.25) is 0 Å². The SMILES string of the molecule is CC(C)c1sc(N[C@@H](C)c2ccccc2F)nc1O. The lowest BCUT2D eigenvalue weighted by Crippen LogP contribution is -2.08. The van der Waals surface area contributed by atoms with Gasteiger partial charge in [-0.05, 0) is 18.9 Å². The van der Waals surface area contributed by atoms with Gasteiger partial charge in [-0.1, -0.05) is 43.4 Å². The summed E-state index contributed by atoms with van der Waals surface area (Å²) >= 11 is 1.40. The average Bonchev–Trinajstić information content (AvgIpc) is 2.70. The van der Waals surface area contributed by atoms with E-state index >= 15 is 0 Å². The minimum Gasteiger partial charge on any atom is -0.492 e. The fourth-order valence-corrected chi connectivity index (χ4v) is 2.80. The predicted octanol–water partition coefficient (Wildman–Crippen LogP) is 4.28. The number of hydrogen-bond donors (Lipinski definition) is 2. The second-order valence-corrected chi connectivity index (χ2v) is 5.78. The van der Waals surface area contributed by atoms with Crippen molar-refractivity contribution in [2.45, 2.75) is 32.7 Å². The Morgan fingerprint density at radius 1 is 1.26 bits per heavy atom. The minimum absolute atomic E-state index is 0.0585. The maximum Gasteiger partial charge on any atom is 0.227 e. The molecule has 1 atom stereocenters. The monoisotopic (exact) mass is 280 g/mol. The van der Waals surface area contributed by atoms with Gasteiger partial charge >= 0.3 is 0 Å². The Morgan fingerprint density at radius 3 is 2.53 bits per heavy atom. The zero-order chi connectivity index (χ0) is 14.0. The van der Waals surface area contributed by atoms with Gasteiger partial charge in [0.2, 0.25) is 5.88 Å². The first-order valence-electron chi connectivity index (χ1n) is 6.19. The Morgan fingerprint density at radius 2 is 1.95 bits per heavy atom. The topological polar surface area (TPSA) is 45.2 Å². The van der Waals surface area contributed by atoms with E-state index in [2.05, 4.69) is 10.3 Å². The van der Waals surface area contributed by atoms with Gasteiger partial charge < -0.3 is 10.4 Å². The molecule has 0 saturated carbocycles. The van der Waals surface area contributed by atoms with Gasteiger partial charge in [0.15, 0.2) is 5.13 Å². The van der Waals surface area contributed by atoms with E-state index in [0.29, 0.717) is 10.7 Å². The molecular formula is C14H17FN2OS. The van der Waals surface area contributed by atoms with Crippen molar-refractivity contribution in [1.82, 2.24) is 4.98 Å². The Bertz CT molecular complexity index is 568. The van der Waals surface area contributed by atoms with Gasteiger partial charge in [-0.25, -0.2) is 4.39 Å². The molecule has 19 heavy (non-hydrogen) atoms. The van der Waals surface area contributed by atoms with Crippen LogP contribution in [0.3, 0.4) is 0 Å². The van der Waals surface area contributed by atoms with Crippen molar-refractivity contribution in [3.05, 3.63) is 40.5 Å². The van der Waals surface area contributed by atoms with E-state index in [9.17, 15) is 9.50 Å². The smallest absolute Gasteiger partial charge is 0.227 e. The first-order valence-corrected chi connectivity index (χ1v) is 7.01. The largest absolute Gasteiger partial charge is 0.492 e. The highest BCUT2D eigenvalue weighted by atomic mass is 32.1. The number of hydrogen-bond acceptors (Lipinski definition) is 4. The molecule has 5 heteroatoms. The molecule has 0 aliphatic rings. The number of benzene rings is 1. The van der Waals surface area contributed by atoms with Crippen molar-refractivity contribution in [2.24, 2.45) is 0 Å². The first-order chi connectivity index (χ1) is 8.99. The molecular weight excluding hydrogens is 263 g/mol. The minimum atomic E-state index is -0.243. The summed E-state index contributed by atoms with van der Waals surface area (Å²) < 4.78 is 13.6. The lowest BCUT2D eigenvalue weighted by atomic mass is 10.1. The van der Waals surface area contributed by atoms with Crippen LogP contribution in [0.1, 0.15) is 43.2 Å². The maximum absolute atomic E-state index is 13.6. The van der Waals surface area contributed by atoms with Crippen LogP contribution in [0.25, 0.3) is 0 Å². The highest BCUT2D eigenvalue weighted by molar-refractivity contribution is 7.16. The van der Waals surface area contributed by atoms with Crippen molar-refractivity contribution in [1.29, 1.82) is 0 Å². The number of anilines is 1. The lowest BCUT2D eigenvalue weighted by Gasteiger charge is -2.13. The van der Waals surface area contributed by atoms with E-state index in [1.54, 1.807) is 18.2 Å². The summed E-state index contributed by atoms with van der Waals surface area (Å²) in [7, 11) is 0. The highest BCUT2D eigenvalue weighted by Gasteiger charge is 2.16. The molecule has 1 aromatic carbocycles. The van der Waals surface area contributed by atoms with E-state index in [1.807, 2.05) is 20.8 Å².